The topological polar surface area (TPSA) is 178 Å². The van der Waals surface area contributed by atoms with Gasteiger partial charge in [-0.2, -0.15) is 0 Å². The summed E-state index contributed by atoms with van der Waals surface area (Å²) in [7, 11) is 0. The monoisotopic (exact) mass is 759 g/mol. The van der Waals surface area contributed by atoms with Crippen molar-refractivity contribution in [3.8, 4) is 0 Å². The number of benzene rings is 3. The molecule has 3 aromatic carbocycles. The van der Waals surface area contributed by atoms with Crippen molar-refractivity contribution in [2.45, 2.75) is 77.3 Å². The van der Waals surface area contributed by atoms with Gasteiger partial charge in [0.05, 0.1) is 43.9 Å². The van der Waals surface area contributed by atoms with Gasteiger partial charge in [0.1, 0.15) is 13.2 Å². The molecule has 1 saturated heterocycles. The summed E-state index contributed by atoms with van der Waals surface area (Å²) in [4.78, 5) is 58.5. The van der Waals surface area contributed by atoms with Crippen molar-refractivity contribution in [3.05, 3.63) is 108 Å². The lowest BCUT2D eigenvalue weighted by Gasteiger charge is -2.43. The van der Waals surface area contributed by atoms with Gasteiger partial charge in [-0.15, -0.1) is 5.01 Å². The molecule has 13 heteroatoms. The first-order valence-corrected chi connectivity index (χ1v) is 19.1. The number of carbonyl (C=O) groups is 4. The normalized spacial score (nSPS) is 16.0. The zero-order chi connectivity index (χ0) is 39.7. The Labute approximate surface area is 324 Å². The fourth-order valence-corrected chi connectivity index (χ4v) is 6.24. The number of imide groups is 1. The molecule has 5 N–H and O–H groups in total. The van der Waals surface area contributed by atoms with Gasteiger partial charge in [0, 0.05) is 19.6 Å². The van der Waals surface area contributed by atoms with E-state index in [0.717, 1.165) is 21.7 Å². The highest BCUT2D eigenvalue weighted by Crippen LogP contribution is 2.24. The SMILES string of the molecule is CC(C)[C@H](N)C(=O)N(C(=O)OCCN1CCOCC1)N(C(=O)[C@@H](N)C(C)CC(=O)OCc1ccccc1)C(Cc1ccccc1)C(O)CCc1ccccc1. The molecule has 1 heterocycles. The summed E-state index contributed by atoms with van der Waals surface area (Å²) < 4.78 is 16.6. The summed E-state index contributed by atoms with van der Waals surface area (Å²) in [5, 5.41) is 13.6. The second-order valence-electron chi connectivity index (χ2n) is 14.4. The quantitative estimate of drug-likeness (QED) is 0.127. The molecule has 0 bridgehead atoms. The van der Waals surface area contributed by atoms with Crippen LogP contribution in [-0.4, -0.2) is 108 Å². The molecule has 3 unspecified atom stereocenters. The minimum Gasteiger partial charge on any atom is -0.461 e. The van der Waals surface area contributed by atoms with Crippen LogP contribution in [0, 0.1) is 11.8 Å². The third-order valence-electron chi connectivity index (χ3n) is 9.81. The smallest absolute Gasteiger partial charge is 0.436 e. The molecule has 0 spiro atoms. The Kier molecular flexibility index (Phi) is 17.3. The molecule has 1 aliphatic heterocycles. The van der Waals surface area contributed by atoms with Gasteiger partial charge in [0.15, 0.2) is 0 Å². The molecule has 4 rings (SSSR count). The van der Waals surface area contributed by atoms with Crippen LogP contribution in [0.4, 0.5) is 4.79 Å². The zero-order valence-electron chi connectivity index (χ0n) is 32.2. The van der Waals surface area contributed by atoms with E-state index < -0.39 is 59.9 Å². The van der Waals surface area contributed by atoms with Crippen molar-refractivity contribution in [1.82, 2.24) is 14.9 Å². The van der Waals surface area contributed by atoms with Gasteiger partial charge in [0.25, 0.3) is 11.8 Å². The lowest BCUT2D eigenvalue weighted by atomic mass is 9.93. The predicted octanol–water partition coefficient (Wildman–Crippen LogP) is 3.71. The minimum absolute atomic E-state index is 0.0418. The summed E-state index contributed by atoms with van der Waals surface area (Å²) >= 11 is 0. The number of aryl methyl sites for hydroxylation is 1. The molecular formula is C42H57N5O8. The van der Waals surface area contributed by atoms with Gasteiger partial charge in [-0.3, -0.25) is 19.3 Å². The molecule has 55 heavy (non-hydrogen) atoms. The Bertz CT molecular complexity index is 1620. The molecule has 3 aromatic rings. The van der Waals surface area contributed by atoms with Crippen LogP contribution in [0.25, 0.3) is 0 Å². The Balaban J connectivity index is 1.70. The predicted molar refractivity (Wildman–Crippen MR) is 208 cm³/mol. The summed E-state index contributed by atoms with van der Waals surface area (Å²) in [5.41, 5.74) is 15.6. The van der Waals surface area contributed by atoms with Crippen LogP contribution in [0.5, 0.6) is 0 Å². The van der Waals surface area contributed by atoms with E-state index in [0.29, 0.717) is 44.3 Å². The number of hydrogen-bond donors (Lipinski definition) is 3. The van der Waals surface area contributed by atoms with Crippen LogP contribution >= 0.6 is 0 Å². The summed E-state index contributed by atoms with van der Waals surface area (Å²) in [5.74, 6) is -3.57. The Hall–Kier alpha value is -4.66. The number of hydrogen-bond acceptors (Lipinski definition) is 11. The van der Waals surface area contributed by atoms with Crippen molar-refractivity contribution in [2.24, 2.45) is 23.3 Å². The van der Waals surface area contributed by atoms with E-state index in [1.54, 1.807) is 20.8 Å². The first-order chi connectivity index (χ1) is 26.5. The first kappa shape index (κ1) is 43.1. The molecule has 1 fully saturated rings. The highest BCUT2D eigenvalue weighted by Gasteiger charge is 2.45. The highest BCUT2D eigenvalue weighted by molar-refractivity contribution is 5.98. The summed E-state index contributed by atoms with van der Waals surface area (Å²) in [6.07, 6.45) is -1.95. The van der Waals surface area contributed by atoms with E-state index in [-0.39, 0.29) is 32.5 Å². The van der Waals surface area contributed by atoms with Crippen molar-refractivity contribution < 1.29 is 38.5 Å². The molecule has 5 atom stereocenters. The van der Waals surface area contributed by atoms with Crippen molar-refractivity contribution >= 4 is 23.9 Å². The van der Waals surface area contributed by atoms with Gasteiger partial charge in [0.2, 0.25) is 0 Å². The third kappa shape index (κ3) is 13.3. The van der Waals surface area contributed by atoms with E-state index in [4.69, 9.17) is 25.7 Å². The van der Waals surface area contributed by atoms with Gasteiger partial charge < -0.3 is 30.8 Å². The largest absolute Gasteiger partial charge is 0.461 e. The molecule has 0 aliphatic carbocycles. The number of aliphatic hydroxyl groups excluding tert-OH is 1. The molecule has 13 nitrogen and oxygen atoms in total. The molecular weight excluding hydrogens is 702 g/mol. The second kappa shape index (κ2) is 22.0. The number of ether oxygens (including phenoxy) is 3. The lowest BCUT2D eigenvalue weighted by molar-refractivity contribution is -0.173. The van der Waals surface area contributed by atoms with Crippen LogP contribution in [0.2, 0.25) is 0 Å². The number of amides is 3. The van der Waals surface area contributed by atoms with Crippen LogP contribution in [-0.2, 0) is 48.0 Å². The Morgan fingerprint density at radius 1 is 0.782 bits per heavy atom. The average Bonchev–Trinajstić information content (AvgIpc) is 3.20. The zero-order valence-corrected chi connectivity index (χ0v) is 32.2. The van der Waals surface area contributed by atoms with Crippen molar-refractivity contribution in [3.63, 3.8) is 0 Å². The van der Waals surface area contributed by atoms with Crippen molar-refractivity contribution in [1.29, 1.82) is 0 Å². The fourth-order valence-electron chi connectivity index (χ4n) is 6.24. The van der Waals surface area contributed by atoms with Gasteiger partial charge in [-0.05, 0) is 47.8 Å². The number of nitrogens with two attached hydrogens (primary N) is 2. The maximum absolute atomic E-state index is 14.9. The van der Waals surface area contributed by atoms with Gasteiger partial charge in [-0.25, -0.2) is 9.80 Å². The standard InChI is InChI=1S/C42H57N5O8/c1-30(2)38(43)40(50)47(42(52)54-26-23-45-21-24-53-25-22-45)46(41(51)39(44)31(3)27-37(49)55-29-34-17-11-6-12-18-34)35(28-33-15-9-5-10-16-33)36(48)20-19-32-13-7-4-8-14-32/h4-18,30-31,35-36,38-39,48H,19-29,43-44H2,1-3H3/t31?,35?,36?,38-,39-/m0/s1. The molecule has 0 radical (unpaired) electrons. The summed E-state index contributed by atoms with van der Waals surface area (Å²) in [6, 6.07) is 24.1. The highest BCUT2D eigenvalue weighted by atomic mass is 16.6. The molecule has 298 valence electrons. The Morgan fingerprint density at radius 2 is 1.35 bits per heavy atom. The number of rotatable bonds is 18. The van der Waals surface area contributed by atoms with Crippen LogP contribution in [0.15, 0.2) is 91.0 Å². The Morgan fingerprint density at radius 3 is 1.93 bits per heavy atom. The number of esters is 1. The van der Waals surface area contributed by atoms with E-state index in [9.17, 15) is 24.3 Å². The maximum Gasteiger partial charge on any atom is 0.436 e. The van der Waals surface area contributed by atoms with E-state index in [1.807, 2.05) is 91.0 Å². The molecule has 0 aromatic heterocycles. The van der Waals surface area contributed by atoms with Gasteiger partial charge in [-0.1, -0.05) is 112 Å². The fraction of sp³-hybridized carbons (Fsp3) is 0.476. The van der Waals surface area contributed by atoms with E-state index >= 15 is 0 Å². The summed E-state index contributed by atoms with van der Waals surface area (Å²) in [6.45, 7) is 7.78. The number of hydrazine groups is 1. The van der Waals surface area contributed by atoms with Crippen molar-refractivity contribution in [2.75, 3.05) is 39.5 Å². The lowest BCUT2D eigenvalue weighted by Crippen LogP contribution is -2.66. The van der Waals surface area contributed by atoms with Crippen LogP contribution in [0.1, 0.15) is 50.3 Å². The van der Waals surface area contributed by atoms with E-state index in [1.165, 1.54) is 0 Å². The van der Waals surface area contributed by atoms with Gasteiger partial charge >= 0.3 is 12.1 Å². The number of morpholine rings is 1. The van der Waals surface area contributed by atoms with Crippen LogP contribution < -0.4 is 11.5 Å². The number of carbonyl (C=O) groups excluding carboxylic acids is 4. The molecule has 3 amide bonds. The minimum atomic E-state index is -1.41. The molecule has 1 aliphatic rings. The van der Waals surface area contributed by atoms with Crippen LogP contribution in [0.3, 0.4) is 0 Å². The third-order valence-corrected chi connectivity index (χ3v) is 9.81. The van der Waals surface area contributed by atoms with E-state index in [2.05, 4.69) is 4.90 Å². The maximum atomic E-state index is 14.9. The molecule has 0 saturated carbocycles. The number of aliphatic hydroxyl groups is 1. The number of nitrogens with zero attached hydrogens (tertiary/aromatic N) is 3. The first-order valence-electron chi connectivity index (χ1n) is 19.1. The second-order valence-corrected chi connectivity index (χ2v) is 14.4. The average molecular weight is 760 g/mol.